The lowest BCUT2D eigenvalue weighted by Crippen LogP contribution is -2.10. The van der Waals surface area contributed by atoms with Crippen LogP contribution >= 0.6 is 34.8 Å². The number of hydrogen-bond donors (Lipinski definition) is 0. The van der Waals surface area contributed by atoms with Gasteiger partial charge in [0.05, 0.1) is 10.0 Å². The van der Waals surface area contributed by atoms with Gasteiger partial charge in [-0.1, -0.05) is 60.5 Å². The van der Waals surface area contributed by atoms with Crippen LogP contribution in [-0.4, -0.2) is 5.97 Å². The molecule has 0 saturated heterocycles. The quantitative estimate of drug-likeness (QED) is 0.539. The maximum Gasteiger partial charge on any atom is 0.311 e. The second kappa shape index (κ2) is 6.83. The summed E-state index contributed by atoms with van der Waals surface area (Å²) in [4.78, 5) is 11.8. The van der Waals surface area contributed by atoms with Crippen molar-refractivity contribution in [3.63, 3.8) is 0 Å². The van der Waals surface area contributed by atoms with Gasteiger partial charge in [0.1, 0.15) is 0 Å². The standard InChI is InChI=1S/C14H15Cl3O2/c15-10-7-11(16)14(12(17)8-10)19-13(18)6-5-9-3-1-2-4-9/h7-9H,1-6H2. The van der Waals surface area contributed by atoms with Crippen LogP contribution in [0.3, 0.4) is 0 Å². The molecule has 0 amide bonds. The Morgan fingerprint density at radius 1 is 1.16 bits per heavy atom. The number of esters is 1. The molecule has 1 fully saturated rings. The fourth-order valence-corrected chi connectivity index (χ4v) is 3.31. The molecule has 19 heavy (non-hydrogen) atoms. The van der Waals surface area contributed by atoms with Gasteiger partial charge in [-0.15, -0.1) is 0 Å². The zero-order chi connectivity index (χ0) is 13.8. The molecular weight excluding hydrogens is 307 g/mol. The average molecular weight is 322 g/mol. The SMILES string of the molecule is O=C(CCC1CCCC1)Oc1c(Cl)cc(Cl)cc1Cl. The van der Waals surface area contributed by atoms with Crippen molar-refractivity contribution in [2.24, 2.45) is 5.92 Å². The second-order valence-electron chi connectivity index (χ2n) is 4.86. The van der Waals surface area contributed by atoms with Gasteiger partial charge in [0, 0.05) is 11.4 Å². The molecule has 1 aromatic carbocycles. The summed E-state index contributed by atoms with van der Waals surface area (Å²) in [6, 6.07) is 3.02. The van der Waals surface area contributed by atoms with Gasteiger partial charge in [-0.25, -0.2) is 0 Å². The summed E-state index contributed by atoms with van der Waals surface area (Å²) in [6.07, 6.45) is 6.26. The van der Waals surface area contributed by atoms with Gasteiger partial charge >= 0.3 is 5.97 Å². The Balaban J connectivity index is 1.91. The molecule has 1 saturated carbocycles. The molecule has 1 aliphatic rings. The van der Waals surface area contributed by atoms with Crippen molar-refractivity contribution >= 4 is 40.8 Å². The Bertz CT molecular complexity index is 445. The lowest BCUT2D eigenvalue weighted by Gasteiger charge is -2.10. The molecule has 0 bridgehead atoms. The summed E-state index contributed by atoms with van der Waals surface area (Å²) in [5.41, 5.74) is 0. The van der Waals surface area contributed by atoms with Gasteiger partial charge in [0.2, 0.25) is 0 Å². The zero-order valence-electron chi connectivity index (χ0n) is 10.4. The summed E-state index contributed by atoms with van der Waals surface area (Å²) in [6.45, 7) is 0. The van der Waals surface area contributed by atoms with Crippen molar-refractivity contribution < 1.29 is 9.53 Å². The molecule has 1 aliphatic carbocycles. The summed E-state index contributed by atoms with van der Waals surface area (Å²) in [5.74, 6) is 0.561. The molecule has 0 aromatic heterocycles. The van der Waals surface area contributed by atoms with E-state index in [1.807, 2.05) is 0 Å². The molecule has 5 heteroatoms. The molecule has 0 spiro atoms. The largest absolute Gasteiger partial charge is 0.423 e. The van der Waals surface area contributed by atoms with Crippen LogP contribution in [0.1, 0.15) is 38.5 Å². The third kappa shape index (κ3) is 4.27. The van der Waals surface area contributed by atoms with Gasteiger partial charge in [-0.2, -0.15) is 0 Å². The fourth-order valence-electron chi connectivity index (χ4n) is 2.41. The fraction of sp³-hybridized carbons (Fsp3) is 0.500. The Hall–Kier alpha value is -0.440. The summed E-state index contributed by atoms with van der Waals surface area (Å²) < 4.78 is 5.23. The van der Waals surface area contributed by atoms with Crippen LogP contribution in [0.2, 0.25) is 15.1 Å². The van der Waals surface area contributed by atoms with E-state index < -0.39 is 0 Å². The second-order valence-corrected chi connectivity index (χ2v) is 6.11. The summed E-state index contributed by atoms with van der Waals surface area (Å²) >= 11 is 17.7. The van der Waals surface area contributed by atoms with Crippen LogP contribution in [0.4, 0.5) is 0 Å². The molecule has 0 radical (unpaired) electrons. The zero-order valence-corrected chi connectivity index (χ0v) is 12.7. The first-order valence-electron chi connectivity index (χ1n) is 6.41. The highest BCUT2D eigenvalue weighted by Crippen LogP contribution is 2.36. The van der Waals surface area contributed by atoms with Crippen molar-refractivity contribution in [1.29, 1.82) is 0 Å². The number of ether oxygens (including phenoxy) is 1. The van der Waals surface area contributed by atoms with E-state index in [9.17, 15) is 4.79 Å². The molecule has 1 aromatic rings. The van der Waals surface area contributed by atoms with Crippen molar-refractivity contribution in [2.45, 2.75) is 38.5 Å². The van der Waals surface area contributed by atoms with E-state index in [4.69, 9.17) is 39.5 Å². The predicted molar refractivity (Wildman–Crippen MR) is 78.3 cm³/mol. The van der Waals surface area contributed by atoms with E-state index in [2.05, 4.69) is 0 Å². The minimum Gasteiger partial charge on any atom is -0.423 e. The Morgan fingerprint density at radius 2 is 1.74 bits per heavy atom. The molecule has 2 rings (SSSR count). The molecule has 104 valence electrons. The number of halogens is 3. The van der Waals surface area contributed by atoms with Crippen LogP contribution in [0.15, 0.2) is 12.1 Å². The third-order valence-electron chi connectivity index (χ3n) is 3.41. The van der Waals surface area contributed by atoms with Crippen LogP contribution in [0.5, 0.6) is 5.75 Å². The maximum absolute atomic E-state index is 11.8. The Labute approximate surface area is 128 Å². The molecule has 0 N–H and O–H groups in total. The monoisotopic (exact) mass is 320 g/mol. The van der Waals surface area contributed by atoms with Gasteiger partial charge < -0.3 is 4.74 Å². The van der Waals surface area contributed by atoms with Gasteiger partial charge in [0.15, 0.2) is 5.75 Å². The predicted octanol–water partition coefficient (Wildman–Crippen LogP) is 5.52. The summed E-state index contributed by atoms with van der Waals surface area (Å²) in [7, 11) is 0. The highest BCUT2D eigenvalue weighted by Gasteiger charge is 2.18. The summed E-state index contributed by atoms with van der Waals surface area (Å²) in [5, 5.41) is 0.930. The lowest BCUT2D eigenvalue weighted by atomic mass is 10.0. The van der Waals surface area contributed by atoms with E-state index in [-0.39, 0.29) is 21.8 Å². The lowest BCUT2D eigenvalue weighted by molar-refractivity contribution is -0.134. The Kier molecular flexibility index (Phi) is 5.37. The molecule has 2 nitrogen and oxygen atoms in total. The normalized spacial score (nSPS) is 15.7. The highest BCUT2D eigenvalue weighted by molar-refractivity contribution is 6.40. The van der Waals surface area contributed by atoms with E-state index in [1.165, 1.54) is 37.8 Å². The van der Waals surface area contributed by atoms with Crippen molar-refractivity contribution in [3.05, 3.63) is 27.2 Å². The van der Waals surface area contributed by atoms with Crippen LogP contribution in [0, 0.1) is 5.92 Å². The first-order chi connectivity index (χ1) is 9.06. The van der Waals surface area contributed by atoms with E-state index in [0.717, 1.165) is 6.42 Å². The van der Waals surface area contributed by atoms with Crippen LogP contribution in [0.25, 0.3) is 0 Å². The van der Waals surface area contributed by atoms with Crippen molar-refractivity contribution in [1.82, 2.24) is 0 Å². The number of hydrogen-bond acceptors (Lipinski definition) is 2. The number of carbonyl (C=O) groups is 1. The molecule has 0 atom stereocenters. The third-order valence-corrected chi connectivity index (χ3v) is 4.19. The molecular formula is C14H15Cl3O2. The number of rotatable bonds is 4. The van der Waals surface area contributed by atoms with E-state index in [1.54, 1.807) is 0 Å². The maximum atomic E-state index is 11.8. The van der Waals surface area contributed by atoms with Crippen LogP contribution in [-0.2, 0) is 4.79 Å². The smallest absolute Gasteiger partial charge is 0.311 e. The van der Waals surface area contributed by atoms with E-state index >= 15 is 0 Å². The Morgan fingerprint density at radius 3 is 2.32 bits per heavy atom. The first kappa shape index (κ1) is 15.0. The van der Waals surface area contributed by atoms with Gasteiger partial charge in [0.25, 0.3) is 0 Å². The number of carbonyl (C=O) groups excluding carboxylic acids is 1. The van der Waals surface area contributed by atoms with Gasteiger partial charge in [-0.3, -0.25) is 4.79 Å². The number of benzene rings is 1. The first-order valence-corrected chi connectivity index (χ1v) is 7.55. The minimum absolute atomic E-state index is 0.198. The molecule has 0 aliphatic heterocycles. The molecule has 0 unspecified atom stereocenters. The van der Waals surface area contributed by atoms with E-state index in [0.29, 0.717) is 17.4 Å². The highest BCUT2D eigenvalue weighted by atomic mass is 35.5. The van der Waals surface area contributed by atoms with Crippen LogP contribution < -0.4 is 4.74 Å². The molecule has 0 heterocycles. The van der Waals surface area contributed by atoms with Crippen molar-refractivity contribution in [2.75, 3.05) is 0 Å². The minimum atomic E-state index is -0.293. The topological polar surface area (TPSA) is 26.3 Å². The van der Waals surface area contributed by atoms with Crippen molar-refractivity contribution in [3.8, 4) is 5.75 Å². The van der Waals surface area contributed by atoms with Gasteiger partial charge in [-0.05, 0) is 24.5 Å². The average Bonchev–Trinajstić information content (AvgIpc) is 2.84.